The van der Waals surface area contributed by atoms with Crippen LogP contribution in [0, 0.1) is 0 Å². The number of carboxylic acid groups (broad SMARTS) is 1. The van der Waals surface area contributed by atoms with Crippen LogP contribution in [0.2, 0.25) is 0 Å². The molecule has 0 aliphatic carbocycles. The Morgan fingerprint density at radius 2 is 1.62 bits per heavy atom. The van der Waals surface area contributed by atoms with Crippen molar-refractivity contribution in [2.75, 3.05) is 24.5 Å². The second kappa shape index (κ2) is 12.4. The molecule has 3 aromatic rings. The van der Waals surface area contributed by atoms with E-state index in [0.29, 0.717) is 24.8 Å². The van der Waals surface area contributed by atoms with Crippen molar-refractivity contribution < 1.29 is 14.4 Å². The molecule has 0 bridgehead atoms. The van der Waals surface area contributed by atoms with Crippen LogP contribution >= 0.6 is 24.8 Å². The summed E-state index contributed by atoms with van der Waals surface area (Å²) < 4.78 is 5.48. The molecule has 4 rings (SSSR count). The molecule has 2 aromatic carbocycles. The fourth-order valence-corrected chi connectivity index (χ4v) is 3.62. The van der Waals surface area contributed by atoms with E-state index >= 15 is 0 Å². The molecule has 0 amide bonds. The predicted molar refractivity (Wildman–Crippen MR) is 130 cm³/mol. The van der Waals surface area contributed by atoms with E-state index < -0.39 is 5.97 Å². The van der Waals surface area contributed by atoms with Gasteiger partial charge in [0.15, 0.2) is 0 Å². The molecule has 2 heterocycles. The molecule has 0 unspecified atom stereocenters. The van der Waals surface area contributed by atoms with E-state index in [9.17, 15) is 4.79 Å². The molecule has 2 N–H and O–H groups in total. The Hall–Kier alpha value is -2.61. The molecule has 1 saturated heterocycles. The third kappa shape index (κ3) is 6.69. The highest BCUT2D eigenvalue weighted by Gasteiger charge is 2.13. The van der Waals surface area contributed by atoms with Gasteiger partial charge in [0, 0.05) is 43.0 Å². The summed E-state index contributed by atoms with van der Waals surface area (Å²) in [6.45, 7) is 3.31. The first-order valence-electron chi connectivity index (χ1n) is 10.4. The fraction of sp³-hybridized carbons (Fsp3) is 0.348. The van der Waals surface area contributed by atoms with Crippen LogP contribution in [-0.2, 0) is 11.3 Å². The number of piperidine rings is 1. The van der Waals surface area contributed by atoms with Gasteiger partial charge >= 0.3 is 5.97 Å². The van der Waals surface area contributed by atoms with E-state index in [4.69, 9.17) is 9.63 Å². The van der Waals surface area contributed by atoms with Crippen LogP contribution in [0.15, 0.2) is 53.1 Å². The zero-order valence-corrected chi connectivity index (χ0v) is 19.3. The Balaban J connectivity index is 0.00000181. The molecule has 9 heteroatoms. The minimum absolute atomic E-state index is 0. The molecule has 0 radical (unpaired) electrons. The average Bonchev–Trinajstić information content (AvgIpc) is 3.28. The molecular formula is C23H28Cl2N4O3. The summed E-state index contributed by atoms with van der Waals surface area (Å²) in [5.41, 5.74) is 4.10. The van der Waals surface area contributed by atoms with Crippen molar-refractivity contribution in [3.8, 4) is 22.8 Å². The van der Waals surface area contributed by atoms with Gasteiger partial charge in [0.25, 0.3) is 5.89 Å². The molecular weight excluding hydrogens is 451 g/mol. The summed E-state index contributed by atoms with van der Waals surface area (Å²) in [5.74, 6) is 0.261. The van der Waals surface area contributed by atoms with Crippen molar-refractivity contribution in [2.24, 2.45) is 0 Å². The molecule has 1 aliphatic heterocycles. The number of anilines is 1. The third-order valence-corrected chi connectivity index (χ3v) is 5.32. The Morgan fingerprint density at radius 3 is 2.28 bits per heavy atom. The second-order valence-corrected chi connectivity index (χ2v) is 7.54. The standard InChI is InChI=1S/C23H26N4O3.2ClH/c28-21(29)12-13-24-16-17-4-6-18(7-5-17)22-25-23(30-26-22)19-8-10-20(11-9-19)27-14-2-1-3-15-27;;/h4-11,24H,1-3,12-16H2,(H,28,29);2*1H. The summed E-state index contributed by atoms with van der Waals surface area (Å²) in [6, 6.07) is 16.2. The minimum Gasteiger partial charge on any atom is -0.481 e. The van der Waals surface area contributed by atoms with Crippen LogP contribution in [0.5, 0.6) is 0 Å². The van der Waals surface area contributed by atoms with Gasteiger partial charge in [0.2, 0.25) is 5.82 Å². The van der Waals surface area contributed by atoms with Crippen molar-refractivity contribution in [3.63, 3.8) is 0 Å². The van der Waals surface area contributed by atoms with Crippen molar-refractivity contribution in [1.82, 2.24) is 15.5 Å². The van der Waals surface area contributed by atoms with Gasteiger partial charge < -0.3 is 19.8 Å². The topological polar surface area (TPSA) is 91.5 Å². The highest BCUT2D eigenvalue weighted by molar-refractivity contribution is 5.85. The van der Waals surface area contributed by atoms with E-state index in [1.54, 1.807) is 0 Å². The molecule has 32 heavy (non-hydrogen) atoms. The molecule has 1 fully saturated rings. The molecule has 1 aromatic heterocycles. The smallest absolute Gasteiger partial charge is 0.304 e. The zero-order chi connectivity index (χ0) is 20.8. The largest absolute Gasteiger partial charge is 0.481 e. The van der Waals surface area contributed by atoms with Gasteiger partial charge in [-0.05, 0) is 49.1 Å². The first-order chi connectivity index (χ1) is 14.7. The number of aromatic nitrogens is 2. The van der Waals surface area contributed by atoms with Gasteiger partial charge in [-0.25, -0.2) is 0 Å². The van der Waals surface area contributed by atoms with E-state index in [-0.39, 0.29) is 31.2 Å². The maximum absolute atomic E-state index is 10.5. The number of hydrogen-bond donors (Lipinski definition) is 2. The fourth-order valence-electron chi connectivity index (χ4n) is 3.62. The van der Waals surface area contributed by atoms with Gasteiger partial charge in [-0.1, -0.05) is 29.4 Å². The van der Waals surface area contributed by atoms with Gasteiger partial charge in [-0.3, -0.25) is 4.79 Å². The second-order valence-electron chi connectivity index (χ2n) is 7.54. The molecule has 1 aliphatic rings. The summed E-state index contributed by atoms with van der Waals surface area (Å²) >= 11 is 0. The Kier molecular flexibility index (Phi) is 9.97. The molecule has 7 nitrogen and oxygen atoms in total. The maximum atomic E-state index is 10.5. The number of aliphatic carboxylic acids is 1. The number of rotatable bonds is 8. The quantitative estimate of drug-likeness (QED) is 0.449. The molecule has 172 valence electrons. The lowest BCUT2D eigenvalue weighted by molar-refractivity contribution is -0.136. The summed E-state index contributed by atoms with van der Waals surface area (Å²) in [7, 11) is 0. The van der Waals surface area contributed by atoms with Crippen LogP contribution in [0.3, 0.4) is 0 Å². The van der Waals surface area contributed by atoms with Crippen LogP contribution < -0.4 is 10.2 Å². The van der Waals surface area contributed by atoms with E-state index in [2.05, 4.69) is 32.5 Å². The zero-order valence-electron chi connectivity index (χ0n) is 17.7. The third-order valence-electron chi connectivity index (χ3n) is 5.32. The van der Waals surface area contributed by atoms with Crippen LogP contribution in [-0.4, -0.2) is 40.9 Å². The van der Waals surface area contributed by atoms with Crippen molar-refractivity contribution in [3.05, 3.63) is 54.1 Å². The van der Waals surface area contributed by atoms with Gasteiger partial charge in [-0.15, -0.1) is 24.8 Å². The monoisotopic (exact) mass is 478 g/mol. The van der Waals surface area contributed by atoms with Crippen molar-refractivity contribution >= 4 is 36.5 Å². The Morgan fingerprint density at radius 1 is 0.969 bits per heavy atom. The lowest BCUT2D eigenvalue weighted by Crippen LogP contribution is -2.29. The van der Waals surface area contributed by atoms with Crippen molar-refractivity contribution in [1.29, 1.82) is 0 Å². The van der Waals surface area contributed by atoms with E-state index in [1.807, 2.05) is 36.4 Å². The number of carboxylic acids is 1. The van der Waals surface area contributed by atoms with Crippen LogP contribution in [0.25, 0.3) is 22.8 Å². The minimum atomic E-state index is -0.799. The average molecular weight is 479 g/mol. The lowest BCUT2D eigenvalue weighted by atomic mass is 10.1. The van der Waals surface area contributed by atoms with E-state index in [1.165, 1.54) is 24.9 Å². The SMILES string of the molecule is Cl.Cl.O=C(O)CCNCc1ccc(-c2noc(-c3ccc(N4CCCCC4)cc3)n2)cc1. The van der Waals surface area contributed by atoms with Crippen LogP contribution in [0.1, 0.15) is 31.2 Å². The van der Waals surface area contributed by atoms with Gasteiger partial charge in [0.1, 0.15) is 0 Å². The van der Waals surface area contributed by atoms with E-state index in [0.717, 1.165) is 29.8 Å². The summed E-state index contributed by atoms with van der Waals surface area (Å²) in [6.07, 6.45) is 3.95. The maximum Gasteiger partial charge on any atom is 0.304 e. The number of halogens is 2. The van der Waals surface area contributed by atoms with Crippen molar-refractivity contribution in [2.45, 2.75) is 32.2 Å². The number of carbonyl (C=O) groups is 1. The highest BCUT2D eigenvalue weighted by Crippen LogP contribution is 2.26. The van der Waals surface area contributed by atoms with Gasteiger partial charge in [-0.2, -0.15) is 4.98 Å². The normalized spacial score (nSPS) is 13.2. The number of benzene rings is 2. The number of hydrogen-bond acceptors (Lipinski definition) is 6. The highest BCUT2D eigenvalue weighted by atomic mass is 35.5. The lowest BCUT2D eigenvalue weighted by Gasteiger charge is -2.28. The Bertz CT molecular complexity index is 972. The summed E-state index contributed by atoms with van der Waals surface area (Å²) in [5, 5.41) is 15.9. The number of nitrogens with zero attached hydrogens (tertiary/aromatic N) is 3. The van der Waals surface area contributed by atoms with Gasteiger partial charge in [0.05, 0.1) is 6.42 Å². The molecule has 0 atom stereocenters. The first kappa shape index (κ1) is 25.6. The Labute approximate surface area is 200 Å². The first-order valence-corrected chi connectivity index (χ1v) is 10.4. The molecule has 0 saturated carbocycles. The number of nitrogens with one attached hydrogen (secondary N) is 1. The van der Waals surface area contributed by atoms with Crippen LogP contribution in [0.4, 0.5) is 5.69 Å². The molecule has 0 spiro atoms. The predicted octanol–water partition coefficient (Wildman–Crippen LogP) is 4.80. The summed E-state index contributed by atoms with van der Waals surface area (Å²) in [4.78, 5) is 17.5.